The smallest absolute Gasteiger partial charge is 0.338 e. The Hall–Kier alpha value is -2.53. The van der Waals surface area contributed by atoms with Crippen molar-refractivity contribution in [2.24, 2.45) is 0 Å². The van der Waals surface area contributed by atoms with Gasteiger partial charge in [-0.2, -0.15) is 0 Å². The predicted octanol–water partition coefficient (Wildman–Crippen LogP) is 5.10. The van der Waals surface area contributed by atoms with Gasteiger partial charge in [0.2, 0.25) is 0 Å². The fraction of sp³-hybridized carbons (Fsp3) is 0.150. The van der Waals surface area contributed by atoms with Crippen molar-refractivity contribution >= 4 is 21.9 Å². The molecule has 2 aromatic carbocycles. The van der Waals surface area contributed by atoms with E-state index >= 15 is 0 Å². The van der Waals surface area contributed by atoms with Gasteiger partial charge in [-0.1, -0.05) is 22.0 Å². The maximum Gasteiger partial charge on any atom is 0.338 e. The number of rotatable bonds is 4. The summed E-state index contributed by atoms with van der Waals surface area (Å²) in [6.45, 7) is 4.11. The molecule has 0 saturated heterocycles. The Morgan fingerprint density at radius 3 is 2.76 bits per heavy atom. The van der Waals surface area contributed by atoms with E-state index in [-0.39, 0.29) is 11.7 Å². The first-order valence-electron chi connectivity index (χ1n) is 7.95. The Labute approximate surface area is 154 Å². The summed E-state index contributed by atoms with van der Waals surface area (Å²) in [4.78, 5) is 12.0. The first-order valence-corrected chi connectivity index (χ1v) is 8.75. The molecule has 0 aliphatic carbocycles. The topological polar surface area (TPSA) is 51.5 Å². The fourth-order valence-electron chi connectivity index (χ4n) is 2.78. The minimum absolute atomic E-state index is 0.202. The highest BCUT2D eigenvalue weighted by molar-refractivity contribution is 9.10. The molecule has 0 amide bonds. The van der Waals surface area contributed by atoms with Crippen molar-refractivity contribution in [3.63, 3.8) is 0 Å². The van der Waals surface area contributed by atoms with Crippen LogP contribution in [-0.4, -0.2) is 22.2 Å². The first-order chi connectivity index (χ1) is 12.0. The highest BCUT2D eigenvalue weighted by atomic mass is 79.9. The van der Waals surface area contributed by atoms with E-state index in [2.05, 4.69) is 15.9 Å². The second-order valence-electron chi connectivity index (χ2n) is 5.65. The van der Waals surface area contributed by atoms with Crippen LogP contribution < -0.4 is 0 Å². The lowest BCUT2D eigenvalue weighted by Gasteiger charge is -2.13. The summed E-state index contributed by atoms with van der Waals surface area (Å²) in [5, 5.41) is 10.3. The number of benzene rings is 2. The Morgan fingerprint density at radius 2 is 2.00 bits per heavy atom. The number of phenols is 1. The van der Waals surface area contributed by atoms with Crippen LogP contribution in [0.25, 0.3) is 16.9 Å². The number of ether oxygens (including phenoxy) is 1. The van der Waals surface area contributed by atoms with E-state index in [9.17, 15) is 9.90 Å². The molecule has 3 aromatic rings. The highest BCUT2D eigenvalue weighted by Crippen LogP contribution is 2.36. The van der Waals surface area contributed by atoms with Crippen LogP contribution in [0.1, 0.15) is 22.8 Å². The van der Waals surface area contributed by atoms with Crippen LogP contribution in [0.3, 0.4) is 0 Å². The zero-order valence-corrected chi connectivity index (χ0v) is 15.6. The maximum absolute atomic E-state index is 12.0. The Kier molecular flexibility index (Phi) is 4.95. The van der Waals surface area contributed by atoms with Gasteiger partial charge in [-0.25, -0.2) is 4.79 Å². The number of carbonyl (C=O) groups is 1. The third kappa shape index (κ3) is 3.46. The Bertz CT molecular complexity index is 930. The fourth-order valence-corrected chi connectivity index (χ4v) is 3.14. The molecule has 0 bridgehead atoms. The number of carbonyl (C=O) groups excluding carboxylic acids is 1. The van der Waals surface area contributed by atoms with Crippen molar-refractivity contribution in [2.75, 3.05) is 6.61 Å². The summed E-state index contributed by atoms with van der Waals surface area (Å²) < 4.78 is 7.92. The molecule has 0 unspecified atom stereocenters. The molecular weight excluding hydrogens is 382 g/mol. The summed E-state index contributed by atoms with van der Waals surface area (Å²) in [6.07, 6.45) is 1.93. The van der Waals surface area contributed by atoms with Crippen LogP contribution in [0, 0.1) is 6.92 Å². The molecule has 0 aliphatic heterocycles. The lowest BCUT2D eigenvalue weighted by atomic mass is 10.1. The monoisotopic (exact) mass is 399 g/mol. The van der Waals surface area contributed by atoms with Gasteiger partial charge in [-0.05, 0) is 61.9 Å². The molecule has 0 saturated carbocycles. The molecular formula is C20H18BrNO3. The summed E-state index contributed by atoms with van der Waals surface area (Å²) >= 11 is 3.45. The largest absolute Gasteiger partial charge is 0.507 e. The minimum atomic E-state index is -0.347. The SMILES string of the molecule is CCOC(=O)c1cccc(-n2ccc(C)c2-c2cc(Br)ccc2O)c1. The van der Waals surface area contributed by atoms with Gasteiger partial charge in [-0.15, -0.1) is 0 Å². The summed E-state index contributed by atoms with van der Waals surface area (Å²) in [7, 11) is 0. The van der Waals surface area contributed by atoms with Crippen molar-refractivity contribution in [1.82, 2.24) is 4.57 Å². The third-order valence-corrected chi connectivity index (χ3v) is 4.43. The number of hydrogen-bond acceptors (Lipinski definition) is 3. The molecule has 0 aliphatic rings. The average molecular weight is 400 g/mol. The van der Waals surface area contributed by atoms with Crippen LogP contribution >= 0.6 is 15.9 Å². The van der Waals surface area contributed by atoms with Crippen LogP contribution in [0.15, 0.2) is 59.2 Å². The van der Waals surface area contributed by atoms with Crippen LogP contribution in [0.5, 0.6) is 5.75 Å². The predicted molar refractivity (Wildman–Crippen MR) is 101 cm³/mol. The highest BCUT2D eigenvalue weighted by Gasteiger charge is 2.15. The molecule has 3 rings (SSSR count). The van der Waals surface area contributed by atoms with Gasteiger partial charge >= 0.3 is 5.97 Å². The number of nitrogens with zero attached hydrogens (tertiary/aromatic N) is 1. The zero-order valence-electron chi connectivity index (χ0n) is 14.0. The van der Waals surface area contributed by atoms with Crippen molar-refractivity contribution < 1.29 is 14.6 Å². The van der Waals surface area contributed by atoms with Gasteiger partial charge in [0.25, 0.3) is 0 Å². The Morgan fingerprint density at radius 1 is 1.20 bits per heavy atom. The van der Waals surface area contributed by atoms with Gasteiger partial charge in [0.1, 0.15) is 5.75 Å². The number of halogens is 1. The standard InChI is InChI=1S/C20H18BrNO3/c1-3-25-20(24)14-5-4-6-16(11-14)22-10-9-13(2)19(22)17-12-15(21)7-8-18(17)23/h4-12,23H,3H2,1-2H3. The van der Waals surface area contributed by atoms with Crippen molar-refractivity contribution in [3.8, 4) is 22.7 Å². The number of hydrogen-bond donors (Lipinski definition) is 1. The summed E-state index contributed by atoms with van der Waals surface area (Å²) in [5.41, 5.74) is 3.94. The van der Waals surface area contributed by atoms with E-state index in [1.54, 1.807) is 31.2 Å². The average Bonchev–Trinajstić information content (AvgIpc) is 2.99. The second-order valence-corrected chi connectivity index (χ2v) is 6.57. The number of aryl methyl sites for hydroxylation is 1. The lowest BCUT2D eigenvalue weighted by molar-refractivity contribution is 0.0526. The Balaban J connectivity index is 2.13. The van der Waals surface area contributed by atoms with E-state index < -0.39 is 0 Å². The van der Waals surface area contributed by atoms with Gasteiger partial charge < -0.3 is 14.4 Å². The van der Waals surface area contributed by atoms with Gasteiger partial charge in [0.15, 0.2) is 0 Å². The van der Waals surface area contributed by atoms with E-state index in [0.29, 0.717) is 12.2 Å². The number of aromatic hydroxyl groups is 1. The molecule has 1 aromatic heterocycles. The van der Waals surface area contributed by atoms with Gasteiger partial charge in [0, 0.05) is 21.9 Å². The molecule has 5 heteroatoms. The van der Waals surface area contributed by atoms with E-state index in [4.69, 9.17) is 4.74 Å². The number of phenolic OH excluding ortho intramolecular Hbond substituents is 1. The summed E-state index contributed by atoms with van der Waals surface area (Å²) in [6, 6.07) is 14.6. The van der Waals surface area contributed by atoms with Crippen LogP contribution in [0.4, 0.5) is 0 Å². The minimum Gasteiger partial charge on any atom is -0.507 e. The van der Waals surface area contributed by atoms with Gasteiger partial charge in [-0.3, -0.25) is 0 Å². The molecule has 1 N–H and O–H groups in total. The quantitative estimate of drug-likeness (QED) is 0.621. The number of esters is 1. The van der Waals surface area contributed by atoms with E-state index in [1.807, 2.05) is 42.0 Å². The van der Waals surface area contributed by atoms with Crippen molar-refractivity contribution in [3.05, 3.63) is 70.3 Å². The normalized spacial score (nSPS) is 10.7. The summed E-state index contributed by atoms with van der Waals surface area (Å²) in [5.74, 6) is -0.145. The zero-order chi connectivity index (χ0) is 18.0. The molecule has 1 heterocycles. The molecule has 25 heavy (non-hydrogen) atoms. The third-order valence-electron chi connectivity index (χ3n) is 3.94. The molecule has 0 radical (unpaired) electrons. The molecule has 128 valence electrons. The van der Waals surface area contributed by atoms with E-state index in [0.717, 1.165) is 27.0 Å². The van der Waals surface area contributed by atoms with Crippen LogP contribution in [0.2, 0.25) is 0 Å². The molecule has 0 atom stereocenters. The molecule has 4 nitrogen and oxygen atoms in total. The maximum atomic E-state index is 12.0. The van der Waals surface area contributed by atoms with Crippen molar-refractivity contribution in [2.45, 2.75) is 13.8 Å². The molecule has 0 spiro atoms. The van der Waals surface area contributed by atoms with Crippen molar-refractivity contribution in [1.29, 1.82) is 0 Å². The molecule has 0 fully saturated rings. The number of aromatic nitrogens is 1. The first kappa shape index (κ1) is 17.3. The van der Waals surface area contributed by atoms with Crippen LogP contribution in [-0.2, 0) is 4.74 Å². The lowest BCUT2D eigenvalue weighted by Crippen LogP contribution is -2.06. The van der Waals surface area contributed by atoms with Gasteiger partial charge in [0.05, 0.1) is 17.9 Å². The second kappa shape index (κ2) is 7.15. The van der Waals surface area contributed by atoms with E-state index in [1.165, 1.54) is 0 Å².